The van der Waals surface area contributed by atoms with Gasteiger partial charge in [0.05, 0.1) is 4.92 Å². The van der Waals surface area contributed by atoms with Gasteiger partial charge in [-0.05, 0) is 25.5 Å². The summed E-state index contributed by atoms with van der Waals surface area (Å²) >= 11 is 0. The lowest BCUT2D eigenvalue weighted by molar-refractivity contribution is -0.384. The molecule has 1 aromatic rings. The van der Waals surface area contributed by atoms with E-state index in [-0.39, 0.29) is 17.6 Å². The molecular formula is C13H14N2O3. The molecule has 1 amide bonds. The predicted molar refractivity (Wildman–Crippen MR) is 67.4 cm³/mol. The molecule has 5 nitrogen and oxygen atoms in total. The van der Waals surface area contributed by atoms with Gasteiger partial charge in [0.15, 0.2) is 0 Å². The second-order valence-electron chi connectivity index (χ2n) is 4.32. The molecule has 0 radical (unpaired) electrons. The summed E-state index contributed by atoms with van der Waals surface area (Å²) in [6, 6.07) is 5.89. The summed E-state index contributed by atoms with van der Waals surface area (Å²) in [7, 11) is 0. The number of non-ortho nitro benzene ring substituents is 1. The minimum absolute atomic E-state index is 0.00172. The third-order valence-corrected chi connectivity index (χ3v) is 3.06. The van der Waals surface area contributed by atoms with Crippen molar-refractivity contribution in [2.45, 2.75) is 19.4 Å². The second-order valence-corrected chi connectivity index (χ2v) is 4.32. The normalized spacial score (nSPS) is 18.7. The Kier molecular flexibility index (Phi) is 3.41. The van der Waals surface area contributed by atoms with Gasteiger partial charge in [0, 0.05) is 30.3 Å². The molecule has 2 rings (SSSR count). The van der Waals surface area contributed by atoms with Gasteiger partial charge in [-0.2, -0.15) is 0 Å². The van der Waals surface area contributed by atoms with Crippen LogP contribution in [-0.2, 0) is 0 Å². The molecule has 0 spiro atoms. The summed E-state index contributed by atoms with van der Waals surface area (Å²) in [4.78, 5) is 24.0. The molecule has 0 aliphatic carbocycles. The number of carbonyl (C=O) groups is 1. The summed E-state index contributed by atoms with van der Waals surface area (Å²) in [5.74, 6) is -0.0817. The first-order valence-electron chi connectivity index (χ1n) is 5.80. The van der Waals surface area contributed by atoms with Gasteiger partial charge in [0.25, 0.3) is 11.6 Å². The minimum Gasteiger partial charge on any atom is -0.332 e. The Bertz CT molecular complexity index is 493. The van der Waals surface area contributed by atoms with E-state index in [0.717, 1.165) is 6.42 Å². The lowest BCUT2D eigenvalue weighted by Gasteiger charge is -2.30. The Hall–Kier alpha value is -2.17. The summed E-state index contributed by atoms with van der Waals surface area (Å²) in [6.07, 6.45) is 4.87. The monoisotopic (exact) mass is 246 g/mol. The molecule has 0 fully saturated rings. The van der Waals surface area contributed by atoms with E-state index in [0.29, 0.717) is 12.1 Å². The molecule has 1 unspecified atom stereocenters. The summed E-state index contributed by atoms with van der Waals surface area (Å²) in [6.45, 7) is 2.59. The van der Waals surface area contributed by atoms with Crippen LogP contribution in [0.2, 0.25) is 0 Å². The molecule has 1 aliphatic rings. The molecule has 0 N–H and O–H groups in total. The maximum Gasteiger partial charge on any atom is 0.269 e. The highest BCUT2D eigenvalue weighted by Crippen LogP contribution is 2.17. The fourth-order valence-corrected chi connectivity index (χ4v) is 1.96. The van der Waals surface area contributed by atoms with Crippen molar-refractivity contribution < 1.29 is 9.72 Å². The SMILES string of the molecule is CC1CC=CCN1C(=O)c1ccc([N+](=O)[O-])cc1. The molecule has 1 atom stereocenters. The zero-order chi connectivity index (χ0) is 13.1. The van der Waals surface area contributed by atoms with E-state index in [9.17, 15) is 14.9 Å². The molecule has 5 heteroatoms. The number of amides is 1. The van der Waals surface area contributed by atoms with Crippen LogP contribution in [0.4, 0.5) is 5.69 Å². The van der Waals surface area contributed by atoms with Crippen molar-refractivity contribution in [3.8, 4) is 0 Å². The van der Waals surface area contributed by atoms with Crippen molar-refractivity contribution in [3.63, 3.8) is 0 Å². The Morgan fingerprint density at radius 1 is 1.33 bits per heavy atom. The molecule has 0 aromatic heterocycles. The van der Waals surface area contributed by atoms with Gasteiger partial charge >= 0.3 is 0 Å². The first kappa shape index (κ1) is 12.3. The minimum atomic E-state index is -0.472. The van der Waals surface area contributed by atoms with E-state index < -0.39 is 4.92 Å². The maximum absolute atomic E-state index is 12.2. The highest BCUT2D eigenvalue weighted by Gasteiger charge is 2.22. The van der Waals surface area contributed by atoms with Gasteiger partial charge in [0.1, 0.15) is 0 Å². The van der Waals surface area contributed by atoms with Crippen molar-refractivity contribution in [1.82, 2.24) is 4.90 Å². The van der Waals surface area contributed by atoms with Crippen LogP contribution in [0.1, 0.15) is 23.7 Å². The maximum atomic E-state index is 12.2. The van der Waals surface area contributed by atoms with Gasteiger partial charge in [-0.1, -0.05) is 12.2 Å². The van der Waals surface area contributed by atoms with Crippen molar-refractivity contribution in [2.24, 2.45) is 0 Å². The van der Waals surface area contributed by atoms with Crippen LogP contribution in [0.5, 0.6) is 0 Å². The van der Waals surface area contributed by atoms with Crippen LogP contribution >= 0.6 is 0 Å². The van der Waals surface area contributed by atoms with E-state index in [1.807, 2.05) is 13.0 Å². The summed E-state index contributed by atoms with van der Waals surface area (Å²) < 4.78 is 0. The van der Waals surface area contributed by atoms with Crippen LogP contribution in [0.15, 0.2) is 36.4 Å². The molecule has 18 heavy (non-hydrogen) atoms. The van der Waals surface area contributed by atoms with Gasteiger partial charge in [-0.25, -0.2) is 0 Å². The fraction of sp³-hybridized carbons (Fsp3) is 0.308. The number of nitrogens with zero attached hydrogens (tertiary/aromatic N) is 2. The molecule has 0 bridgehead atoms. The lowest BCUT2D eigenvalue weighted by atomic mass is 10.1. The standard InChI is InChI=1S/C13H14N2O3/c1-10-4-2-3-9-14(10)13(16)11-5-7-12(8-6-11)15(17)18/h2-3,5-8,10H,4,9H2,1H3. The highest BCUT2D eigenvalue weighted by atomic mass is 16.6. The van der Waals surface area contributed by atoms with E-state index in [1.54, 1.807) is 4.90 Å². The first-order chi connectivity index (χ1) is 8.59. The molecule has 0 saturated heterocycles. The molecule has 0 saturated carbocycles. The zero-order valence-electron chi connectivity index (χ0n) is 10.1. The molecular weight excluding hydrogens is 232 g/mol. The number of nitro benzene ring substituents is 1. The number of hydrogen-bond acceptors (Lipinski definition) is 3. The van der Waals surface area contributed by atoms with Gasteiger partial charge in [0.2, 0.25) is 0 Å². The number of hydrogen-bond donors (Lipinski definition) is 0. The fourth-order valence-electron chi connectivity index (χ4n) is 1.96. The van der Waals surface area contributed by atoms with Gasteiger partial charge < -0.3 is 4.90 Å². The second kappa shape index (κ2) is 5.00. The van der Waals surface area contributed by atoms with Crippen LogP contribution in [0.3, 0.4) is 0 Å². The quantitative estimate of drug-likeness (QED) is 0.457. The highest BCUT2D eigenvalue weighted by molar-refractivity contribution is 5.94. The van der Waals surface area contributed by atoms with E-state index in [4.69, 9.17) is 0 Å². The Morgan fingerprint density at radius 3 is 2.56 bits per heavy atom. The Labute approximate surface area is 105 Å². The zero-order valence-corrected chi connectivity index (χ0v) is 10.1. The molecule has 94 valence electrons. The lowest BCUT2D eigenvalue weighted by Crippen LogP contribution is -2.40. The van der Waals surface area contributed by atoms with E-state index >= 15 is 0 Å². The third-order valence-electron chi connectivity index (χ3n) is 3.06. The van der Waals surface area contributed by atoms with Crippen molar-refractivity contribution in [3.05, 3.63) is 52.1 Å². The number of benzene rings is 1. The van der Waals surface area contributed by atoms with Crippen LogP contribution in [0, 0.1) is 10.1 Å². The number of carbonyl (C=O) groups excluding carboxylic acids is 1. The number of rotatable bonds is 2. The third kappa shape index (κ3) is 2.40. The topological polar surface area (TPSA) is 63.5 Å². The summed E-state index contributed by atoms with van der Waals surface area (Å²) in [5, 5.41) is 10.5. The predicted octanol–water partition coefficient (Wildman–Crippen LogP) is 2.39. The Balaban J connectivity index is 2.18. The van der Waals surface area contributed by atoms with Crippen LogP contribution in [0.25, 0.3) is 0 Å². The van der Waals surface area contributed by atoms with E-state index in [1.165, 1.54) is 24.3 Å². The molecule has 1 aromatic carbocycles. The van der Waals surface area contributed by atoms with Gasteiger partial charge in [-0.3, -0.25) is 14.9 Å². The number of nitro groups is 1. The van der Waals surface area contributed by atoms with Crippen molar-refractivity contribution >= 4 is 11.6 Å². The van der Waals surface area contributed by atoms with Gasteiger partial charge in [-0.15, -0.1) is 0 Å². The van der Waals surface area contributed by atoms with Crippen molar-refractivity contribution in [1.29, 1.82) is 0 Å². The molecule has 1 heterocycles. The average molecular weight is 246 g/mol. The van der Waals surface area contributed by atoms with Crippen LogP contribution in [-0.4, -0.2) is 28.3 Å². The van der Waals surface area contributed by atoms with Crippen LogP contribution < -0.4 is 0 Å². The van der Waals surface area contributed by atoms with E-state index in [2.05, 4.69) is 6.08 Å². The molecule has 1 aliphatic heterocycles. The van der Waals surface area contributed by atoms with Crippen molar-refractivity contribution in [2.75, 3.05) is 6.54 Å². The largest absolute Gasteiger partial charge is 0.332 e. The Morgan fingerprint density at radius 2 is 2.00 bits per heavy atom. The average Bonchev–Trinajstić information content (AvgIpc) is 2.38. The summed E-state index contributed by atoms with van der Waals surface area (Å²) in [5.41, 5.74) is 0.487. The first-order valence-corrected chi connectivity index (χ1v) is 5.80. The smallest absolute Gasteiger partial charge is 0.269 e.